The lowest BCUT2D eigenvalue weighted by Crippen LogP contribution is -2.12. The van der Waals surface area contributed by atoms with Crippen molar-refractivity contribution in [2.75, 3.05) is 0 Å². The van der Waals surface area contributed by atoms with E-state index in [1.807, 2.05) is 0 Å². The Morgan fingerprint density at radius 3 is 2.74 bits per heavy atom. The van der Waals surface area contributed by atoms with Crippen LogP contribution in [0.4, 0.5) is 0 Å². The number of halogens is 1. The summed E-state index contributed by atoms with van der Waals surface area (Å²) in [5, 5.41) is 4.42. The Kier molecular flexibility index (Phi) is 4.68. The number of hydrogen-bond donors (Lipinski definition) is 0. The Morgan fingerprint density at radius 1 is 1.42 bits per heavy atom. The molecule has 0 aliphatic rings. The van der Waals surface area contributed by atoms with Gasteiger partial charge < -0.3 is 0 Å². The molecule has 0 bridgehead atoms. The molecule has 0 saturated carbocycles. The van der Waals surface area contributed by atoms with Crippen LogP contribution in [0.2, 0.25) is 0 Å². The van der Waals surface area contributed by atoms with Gasteiger partial charge in [0.1, 0.15) is 6.33 Å². The van der Waals surface area contributed by atoms with E-state index in [0.717, 1.165) is 32.5 Å². The van der Waals surface area contributed by atoms with Crippen molar-refractivity contribution in [3.8, 4) is 0 Å². The SMILES string of the molecule is CCCc1ncn(Sc2nc(C(C)(C)C)c(Br)s2)n1. The lowest BCUT2D eigenvalue weighted by atomic mass is 9.93. The highest BCUT2D eigenvalue weighted by Crippen LogP contribution is 2.37. The molecule has 0 spiro atoms. The van der Waals surface area contributed by atoms with Crippen molar-refractivity contribution in [2.24, 2.45) is 0 Å². The predicted molar refractivity (Wildman–Crippen MR) is 83.8 cm³/mol. The minimum atomic E-state index is 0.0455. The summed E-state index contributed by atoms with van der Waals surface area (Å²) in [5.74, 6) is 0.890. The van der Waals surface area contributed by atoms with Crippen LogP contribution in [0, 0.1) is 0 Å². The second-order valence-electron chi connectivity index (χ2n) is 5.26. The van der Waals surface area contributed by atoms with Crippen LogP contribution in [0.5, 0.6) is 0 Å². The number of aromatic nitrogens is 4. The van der Waals surface area contributed by atoms with Crippen molar-refractivity contribution >= 4 is 39.2 Å². The summed E-state index contributed by atoms with van der Waals surface area (Å²) in [7, 11) is 0. The van der Waals surface area contributed by atoms with Crippen LogP contribution in [0.25, 0.3) is 0 Å². The first kappa shape index (κ1) is 15.0. The average molecular weight is 361 g/mol. The molecule has 7 heteroatoms. The van der Waals surface area contributed by atoms with Crippen LogP contribution in [-0.2, 0) is 11.8 Å². The fraction of sp³-hybridized carbons (Fsp3) is 0.583. The minimum absolute atomic E-state index is 0.0455. The number of rotatable bonds is 4. The van der Waals surface area contributed by atoms with E-state index in [9.17, 15) is 0 Å². The summed E-state index contributed by atoms with van der Waals surface area (Å²) >= 11 is 6.74. The number of thiazole rings is 1. The van der Waals surface area contributed by atoms with E-state index >= 15 is 0 Å². The maximum absolute atomic E-state index is 4.68. The van der Waals surface area contributed by atoms with Crippen LogP contribution in [0.3, 0.4) is 0 Å². The Morgan fingerprint density at radius 2 is 2.16 bits per heavy atom. The molecule has 4 nitrogen and oxygen atoms in total. The lowest BCUT2D eigenvalue weighted by Gasteiger charge is -2.15. The first-order chi connectivity index (χ1) is 8.90. The van der Waals surface area contributed by atoms with E-state index in [-0.39, 0.29) is 5.41 Å². The molecule has 0 amide bonds. The Labute approximate surface area is 130 Å². The molecular formula is C12H17BrN4S2. The first-order valence-corrected chi connectivity index (χ1v) is 8.54. The molecule has 0 aromatic carbocycles. The second kappa shape index (κ2) is 5.93. The molecule has 0 saturated heterocycles. The maximum atomic E-state index is 4.68. The smallest absolute Gasteiger partial charge is 0.173 e. The molecule has 2 heterocycles. The fourth-order valence-electron chi connectivity index (χ4n) is 1.53. The van der Waals surface area contributed by atoms with Gasteiger partial charge in [-0.05, 0) is 22.4 Å². The van der Waals surface area contributed by atoms with Crippen LogP contribution in [0.1, 0.15) is 45.6 Å². The van der Waals surface area contributed by atoms with Gasteiger partial charge in [0.15, 0.2) is 10.2 Å². The van der Waals surface area contributed by atoms with Gasteiger partial charge in [-0.15, -0.1) is 5.10 Å². The van der Waals surface area contributed by atoms with Gasteiger partial charge in [-0.2, -0.15) is 4.09 Å². The third kappa shape index (κ3) is 3.79. The van der Waals surface area contributed by atoms with Gasteiger partial charge in [0.05, 0.1) is 9.48 Å². The molecule has 0 aliphatic heterocycles. The van der Waals surface area contributed by atoms with Crippen LogP contribution in [0.15, 0.2) is 14.5 Å². The molecule has 2 rings (SSSR count). The summed E-state index contributed by atoms with van der Waals surface area (Å²) in [4.78, 5) is 8.95. The standard InChI is InChI=1S/C12H17BrN4S2/c1-5-6-8-14-7-17(16-8)19-11-15-9(10(13)18-11)12(2,3)4/h7H,5-6H2,1-4H3. The Bertz CT molecular complexity index is 556. The molecule has 0 unspecified atom stereocenters. The van der Waals surface area contributed by atoms with Gasteiger partial charge in [0.2, 0.25) is 0 Å². The quantitative estimate of drug-likeness (QED) is 0.814. The number of hydrogen-bond acceptors (Lipinski definition) is 5. The van der Waals surface area contributed by atoms with Gasteiger partial charge in [0, 0.05) is 23.8 Å². The van der Waals surface area contributed by atoms with E-state index < -0.39 is 0 Å². The molecule has 0 fully saturated rings. The van der Waals surface area contributed by atoms with Crippen molar-refractivity contribution in [2.45, 2.75) is 50.3 Å². The topological polar surface area (TPSA) is 43.6 Å². The predicted octanol–water partition coefficient (Wildman–Crippen LogP) is 4.30. The molecule has 0 N–H and O–H groups in total. The maximum Gasteiger partial charge on any atom is 0.173 e. The Balaban J connectivity index is 2.15. The zero-order chi connectivity index (χ0) is 14.0. The number of nitrogens with zero attached hydrogens (tertiary/aromatic N) is 4. The fourth-order valence-corrected chi connectivity index (χ4v) is 4.88. The van der Waals surface area contributed by atoms with Crippen LogP contribution < -0.4 is 0 Å². The molecule has 2 aromatic heterocycles. The second-order valence-corrected chi connectivity index (χ2v) is 8.78. The third-order valence-corrected chi connectivity index (χ3v) is 5.03. The van der Waals surface area contributed by atoms with E-state index in [2.05, 4.69) is 58.7 Å². The zero-order valence-corrected chi connectivity index (χ0v) is 14.7. The molecule has 0 aliphatic carbocycles. The molecule has 2 aromatic rings. The highest BCUT2D eigenvalue weighted by Gasteiger charge is 2.22. The van der Waals surface area contributed by atoms with Crippen molar-refractivity contribution in [1.29, 1.82) is 0 Å². The van der Waals surface area contributed by atoms with Crippen molar-refractivity contribution in [1.82, 2.24) is 19.2 Å². The van der Waals surface area contributed by atoms with Crippen molar-refractivity contribution in [3.63, 3.8) is 0 Å². The Hall–Kier alpha value is -0.400. The largest absolute Gasteiger partial charge is 0.231 e. The lowest BCUT2D eigenvalue weighted by molar-refractivity contribution is 0.566. The summed E-state index contributed by atoms with van der Waals surface area (Å²) in [6, 6.07) is 0. The monoisotopic (exact) mass is 360 g/mol. The van der Waals surface area contributed by atoms with Gasteiger partial charge in [-0.25, -0.2) is 9.97 Å². The average Bonchev–Trinajstić information content (AvgIpc) is 2.86. The third-order valence-electron chi connectivity index (χ3n) is 2.44. The summed E-state index contributed by atoms with van der Waals surface area (Å²) in [5.41, 5.74) is 1.14. The first-order valence-electron chi connectivity index (χ1n) is 6.16. The number of aryl methyl sites for hydroxylation is 1. The highest BCUT2D eigenvalue weighted by atomic mass is 79.9. The summed E-state index contributed by atoms with van der Waals surface area (Å²) < 4.78 is 3.85. The van der Waals surface area contributed by atoms with Crippen LogP contribution in [-0.4, -0.2) is 19.2 Å². The normalized spacial score (nSPS) is 12.1. The van der Waals surface area contributed by atoms with Gasteiger partial charge in [0.25, 0.3) is 0 Å². The van der Waals surface area contributed by atoms with E-state index in [4.69, 9.17) is 0 Å². The summed E-state index contributed by atoms with van der Waals surface area (Å²) in [6.07, 6.45) is 3.73. The van der Waals surface area contributed by atoms with E-state index in [1.54, 1.807) is 21.8 Å². The minimum Gasteiger partial charge on any atom is -0.231 e. The van der Waals surface area contributed by atoms with Gasteiger partial charge in [-0.3, -0.25) is 0 Å². The highest BCUT2D eigenvalue weighted by molar-refractivity contribution is 9.11. The van der Waals surface area contributed by atoms with Crippen LogP contribution >= 0.6 is 39.2 Å². The van der Waals surface area contributed by atoms with Gasteiger partial charge >= 0.3 is 0 Å². The molecule has 0 radical (unpaired) electrons. The summed E-state index contributed by atoms with van der Waals surface area (Å²) in [6.45, 7) is 8.61. The van der Waals surface area contributed by atoms with E-state index in [0.29, 0.717) is 0 Å². The molecular weight excluding hydrogens is 344 g/mol. The molecule has 19 heavy (non-hydrogen) atoms. The van der Waals surface area contributed by atoms with Crippen molar-refractivity contribution < 1.29 is 0 Å². The van der Waals surface area contributed by atoms with Gasteiger partial charge in [-0.1, -0.05) is 39.0 Å². The molecule has 104 valence electrons. The molecule has 0 atom stereocenters. The zero-order valence-electron chi connectivity index (χ0n) is 11.5. The van der Waals surface area contributed by atoms with E-state index in [1.165, 1.54) is 11.9 Å². The van der Waals surface area contributed by atoms with Crippen molar-refractivity contribution in [3.05, 3.63) is 21.6 Å².